The predicted octanol–water partition coefficient (Wildman–Crippen LogP) is 1.33. The molecule has 1 aliphatic carbocycles. The van der Waals surface area contributed by atoms with Crippen LogP contribution in [0.5, 0.6) is 0 Å². The van der Waals surface area contributed by atoms with E-state index in [2.05, 4.69) is 0 Å². The van der Waals surface area contributed by atoms with Gasteiger partial charge in [0.2, 0.25) is 5.82 Å². The lowest BCUT2D eigenvalue weighted by Gasteiger charge is -2.47. The molecule has 1 saturated heterocycles. The van der Waals surface area contributed by atoms with Crippen LogP contribution in [-0.2, 0) is 0 Å². The first-order valence-corrected chi connectivity index (χ1v) is 6.36. The van der Waals surface area contributed by atoms with E-state index in [1.54, 1.807) is 0 Å². The summed E-state index contributed by atoms with van der Waals surface area (Å²) in [5.74, 6) is -1.13. The first kappa shape index (κ1) is 13.0. The van der Waals surface area contributed by atoms with Gasteiger partial charge in [0.05, 0.1) is 18.0 Å². The van der Waals surface area contributed by atoms with E-state index in [1.807, 2.05) is 0 Å². The number of nitro benzene ring substituents is 1. The van der Waals surface area contributed by atoms with Crippen molar-refractivity contribution in [1.29, 1.82) is 0 Å². The number of hydrogen-bond donors (Lipinski definition) is 1. The van der Waals surface area contributed by atoms with E-state index in [-0.39, 0.29) is 24.6 Å². The molecular weight excluding hydrogens is 267 g/mol. The Balaban J connectivity index is 1.75. The van der Waals surface area contributed by atoms with E-state index in [0.717, 1.165) is 25.0 Å². The highest BCUT2D eigenvalue weighted by Crippen LogP contribution is 2.44. The fourth-order valence-corrected chi connectivity index (χ4v) is 2.61. The molecule has 0 spiro atoms. The topological polar surface area (TPSA) is 83.7 Å². The minimum atomic E-state index is -0.968. The molecule has 1 aromatic rings. The number of carbonyl (C=O) groups is 1. The average Bonchev–Trinajstić information content (AvgIpc) is 3.19. The van der Waals surface area contributed by atoms with Crippen molar-refractivity contribution in [3.63, 3.8) is 0 Å². The lowest BCUT2D eigenvalue weighted by molar-refractivity contribution is -0.387. The van der Waals surface area contributed by atoms with Gasteiger partial charge in [-0.15, -0.1) is 0 Å². The van der Waals surface area contributed by atoms with Crippen LogP contribution in [0, 0.1) is 21.8 Å². The molecule has 0 aromatic heterocycles. The predicted molar refractivity (Wildman–Crippen MR) is 66.6 cm³/mol. The van der Waals surface area contributed by atoms with Crippen molar-refractivity contribution >= 4 is 11.6 Å². The maximum Gasteiger partial charge on any atom is 0.305 e. The first-order chi connectivity index (χ1) is 9.40. The molecule has 1 aliphatic heterocycles. The lowest BCUT2D eigenvalue weighted by atomic mass is 9.88. The Morgan fingerprint density at radius 1 is 1.45 bits per heavy atom. The summed E-state index contributed by atoms with van der Waals surface area (Å²) in [4.78, 5) is 23.3. The van der Waals surface area contributed by atoms with Crippen molar-refractivity contribution in [2.75, 3.05) is 13.1 Å². The number of rotatable bonds is 3. The van der Waals surface area contributed by atoms with Crippen molar-refractivity contribution in [2.24, 2.45) is 5.92 Å². The van der Waals surface area contributed by atoms with Crippen LogP contribution >= 0.6 is 0 Å². The Hall–Kier alpha value is -2.02. The molecule has 1 amide bonds. The molecule has 0 unspecified atom stereocenters. The van der Waals surface area contributed by atoms with Crippen molar-refractivity contribution in [3.8, 4) is 0 Å². The van der Waals surface area contributed by atoms with E-state index in [0.29, 0.717) is 0 Å². The standard InChI is InChI=1S/C13H13FN2O4/c14-10-4-1-8(5-11(10)16(19)20)12(17)15-6-13(18,7-15)9-2-3-9/h1,4-5,9,18H,2-3,6-7H2. The van der Waals surface area contributed by atoms with Crippen molar-refractivity contribution in [3.05, 3.63) is 39.7 Å². The SMILES string of the molecule is O=C(c1ccc(F)c([N+](=O)[O-])c1)N1CC(O)(C2CC2)C1. The number of nitro groups is 1. The molecule has 0 atom stereocenters. The van der Waals surface area contributed by atoms with Crippen molar-refractivity contribution < 1.29 is 19.2 Å². The van der Waals surface area contributed by atoms with Crippen LogP contribution in [0.25, 0.3) is 0 Å². The smallest absolute Gasteiger partial charge is 0.305 e. The second-order valence-electron chi connectivity index (χ2n) is 5.46. The van der Waals surface area contributed by atoms with Gasteiger partial charge in [0.15, 0.2) is 0 Å². The number of halogens is 1. The van der Waals surface area contributed by atoms with Crippen LogP contribution in [0.2, 0.25) is 0 Å². The molecule has 6 nitrogen and oxygen atoms in total. The Morgan fingerprint density at radius 2 is 2.10 bits per heavy atom. The minimum absolute atomic E-state index is 0.0657. The normalized spacial score (nSPS) is 20.4. The third kappa shape index (κ3) is 2.03. The number of nitrogens with zero attached hydrogens (tertiary/aromatic N) is 2. The van der Waals surface area contributed by atoms with Crippen LogP contribution < -0.4 is 0 Å². The van der Waals surface area contributed by atoms with E-state index in [4.69, 9.17) is 0 Å². The number of benzene rings is 1. The van der Waals surface area contributed by atoms with Gasteiger partial charge in [-0.05, 0) is 30.9 Å². The van der Waals surface area contributed by atoms with Gasteiger partial charge >= 0.3 is 5.69 Å². The molecule has 20 heavy (non-hydrogen) atoms. The van der Waals surface area contributed by atoms with Gasteiger partial charge < -0.3 is 10.0 Å². The average molecular weight is 280 g/mol. The molecule has 0 radical (unpaired) electrons. The van der Waals surface area contributed by atoms with Crippen LogP contribution in [0.15, 0.2) is 18.2 Å². The Bertz CT molecular complexity index is 594. The van der Waals surface area contributed by atoms with Gasteiger partial charge in [-0.3, -0.25) is 14.9 Å². The lowest BCUT2D eigenvalue weighted by Crippen LogP contribution is -2.64. The van der Waals surface area contributed by atoms with E-state index >= 15 is 0 Å². The monoisotopic (exact) mass is 280 g/mol. The van der Waals surface area contributed by atoms with E-state index < -0.39 is 27.9 Å². The van der Waals surface area contributed by atoms with E-state index in [1.165, 1.54) is 11.0 Å². The summed E-state index contributed by atoms with van der Waals surface area (Å²) in [7, 11) is 0. The Labute approximate surface area is 114 Å². The highest BCUT2D eigenvalue weighted by molar-refractivity contribution is 5.95. The third-order valence-electron chi connectivity index (χ3n) is 3.94. The first-order valence-electron chi connectivity index (χ1n) is 6.36. The molecular formula is C13H13FN2O4. The third-order valence-corrected chi connectivity index (χ3v) is 3.94. The summed E-state index contributed by atoms with van der Waals surface area (Å²) >= 11 is 0. The quantitative estimate of drug-likeness (QED) is 0.668. The fourth-order valence-electron chi connectivity index (χ4n) is 2.61. The molecule has 2 aliphatic rings. The Morgan fingerprint density at radius 3 is 2.65 bits per heavy atom. The Kier molecular flexibility index (Phi) is 2.75. The minimum Gasteiger partial charge on any atom is -0.386 e. The van der Waals surface area contributed by atoms with Crippen LogP contribution in [-0.4, -0.2) is 39.5 Å². The van der Waals surface area contributed by atoms with Gasteiger partial charge in [0, 0.05) is 11.6 Å². The van der Waals surface area contributed by atoms with Gasteiger partial charge in [-0.25, -0.2) is 0 Å². The highest BCUT2D eigenvalue weighted by Gasteiger charge is 2.53. The fraction of sp³-hybridized carbons (Fsp3) is 0.462. The molecule has 7 heteroatoms. The molecule has 1 heterocycles. The number of hydrogen-bond acceptors (Lipinski definition) is 4. The zero-order valence-corrected chi connectivity index (χ0v) is 10.6. The van der Waals surface area contributed by atoms with Crippen molar-refractivity contribution in [2.45, 2.75) is 18.4 Å². The molecule has 2 fully saturated rings. The molecule has 106 valence electrons. The van der Waals surface area contributed by atoms with Crippen LogP contribution in [0.4, 0.5) is 10.1 Å². The summed E-state index contributed by atoms with van der Waals surface area (Å²) in [6, 6.07) is 3.07. The summed E-state index contributed by atoms with van der Waals surface area (Å²) < 4.78 is 13.2. The zero-order valence-electron chi connectivity index (χ0n) is 10.6. The highest BCUT2D eigenvalue weighted by atomic mass is 19.1. The number of aliphatic hydroxyl groups is 1. The van der Waals surface area contributed by atoms with Gasteiger partial charge in [0.1, 0.15) is 5.60 Å². The molecule has 1 saturated carbocycles. The number of likely N-dealkylation sites (tertiary alicyclic amines) is 1. The molecule has 0 bridgehead atoms. The number of β-amino-alcohol motifs (C(OH)–C–C–N with tert-alkyl or cyclic N) is 1. The van der Waals surface area contributed by atoms with E-state index in [9.17, 15) is 24.4 Å². The van der Waals surface area contributed by atoms with Gasteiger partial charge in [0.25, 0.3) is 5.91 Å². The van der Waals surface area contributed by atoms with Gasteiger partial charge in [-0.1, -0.05) is 0 Å². The summed E-state index contributed by atoms with van der Waals surface area (Å²) in [6.07, 6.45) is 1.95. The zero-order chi connectivity index (χ0) is 14.5. The van der Waals surface area contributed by atoms with Gasteiger partial charge in [-0.2, -0.15) is 4.39 Å². The largest absolute Gasteiger partial charge is 0.386 e. The number of amides is 1. The molecule has 1 N–H and O–H groups in total. The second-order valence-corrected chi connectivity index (χ2v) is 5.46. The number of carbonyl (C=O) groups excluding carboxylic acids is 1. The maximum absolute atomic E-state index is 13.2. The summed E-state index contributed by atoms with van der Waals surface area (Å²) in [5.41, 5.74) is -1.45. The van der Waals surface area contributed by atoms with Crippen molar-refractivity contribution in [1.82, 2.24) is 4.90 Å². The maximum atomic E-state index is 13.2. The summed E-state index contributed by atoms with van der Waals surface area (Å²) in [5, 5.41) is 20.8. The van der Waals surface area contributed by atoms with Crippen LogP contribution in [0.3, 0.4) is 0 Å². The molecule has 1 aromatic carbocycles. The summed E-state index contributed by atoms with van der Waals surface area (Å²) in [6.45, 7) is 0.476. The second kappa shape index (κ2) is 4.24. The van der Waals surface area contributed by atoms with Crippen LogP contribution in [0.1, 0.15) is 23.2 Å². The molecule has 3 rings (SSSR count).